The summed E-state index contributed by atoms with van der Waals surface area (Å²) >= 11 is 0. The zero-order valence-corrected chi connectivity index (χ0v) is 16.8. The highest BCUT2D eigenvalue weighted by atomic mass is 32.2. The predicted molar refractivity (Wildman–Crippen MR) is 110 cm³/mol. The predicted octanol–water partition coefficient (Wildman–Crippen LogP) is 3.97. The third-order valence-electron chi connectivity index (χ3n) is 4.84. The van der Waals surface area contributed by atoms with Crippen molar-refractivity contribution in [2.24, 2.45) is 0 Å². The number of nitrogens with one attached hydrogen (secondary N) is 1. The number of non-ortho nitro benzene ring substituents is 1. The topological polar surface area (TPSA) is 94.2 Å². The Labute approximate surface area is 164 Å². The number of sulfonamides is 1. The molecule has 0 aliphatic heterocycles. The van der Waals surface area contributed by atoms with E-state index in [1.165, 1.54) is 6.07 Å². The number of nitrogens with zero attached hydrogens (tertiary/aromatic N) is 2. The second-order valence-electron chi connectivity index (χ2n) is 7.12. The second-order valence-corrected chi connectivity index (χ2v) is 9.44. The zero-order chi connectivity index (χ0) is 20.5. The molecule has 0 saturated carbocycles. The molecule has 0 bridgehead atoms. The molecule has 0 spiro atoms. The van der Waals surface area contributed by atoms with E-state index in [-0.39, 0.29) is 11.6 Å². The minimum absolute atomic E-state index is 0.0339. The van der Waals surface area contributed by atoms with Crippen molar-refractivity contribution in [1.29, 1.82) is 0 Å². The minimum atomic E-state index is -3.28. The van der Waals surface area contributed by atoms with Gasteiger partial charge in [0.25, 0.3) is 5.69 Å². The minimum Gasteiger partial charge on any atom is -0.317 e. The Morgan fingerprint density at radius 3 is 2.36 bits per heavy atom. The summed E-state index contributed by atoms with van der Waals surface area (Å²) in [5, 5.41) is 11.3. The van der Waals surface area contributed by atoms with E-state index >= 15 is 0 Å². The number of nitro benzene ring substituents is 1. The van der Waals surface area contributed by atoms with Crippen LogP contribution in [0.3, 0.4) is 0 Å². The molecule has 1 heterocycles. The Hall–Kier alpha value is -2.71. The van der Waals surface area contributed by atoms with Crippen LogP contribution < -0.4 is 4.72 Å². The van der Waals surface area contributed by atoms with Crippen molar-refractivity contribution >= 4 is 26.6 Å². The normalized spacial score (nSPS) is 13.1. The maximum absolute atomic E-state index is 11.9. The number of nitro groups is 1. The number of fused-ring (bicyclic) bond motifs is 1. The average Bonchev–Trinajstić information content (AvgIpc) is 3.09. The van der Waals surface area contributed by atoms with Crippen LogP contribution in [-0.4, -0.2) is 29.7 Å². The summed E-state index contributed by atoms with van der Waals surface area (Å²) in [7, 11) is -3.28. The van der Waals surface area contributed by atoms with E-state index in [0.717, 1.165) is 22.2 Å². The molecule has 0 radical (unpaired) electrons. The van der Waals surface area contributed by atoms with E-state index in [2.05, 4.69) is 4.72 Å². The first-order chi connectivity index (χ1) is 13.2. The molecule has 0 saturated heterocycles. The molecule has 0 fully saturated rings. The summed E-state index contributed by atoms with van der Waals surface area (Å²) in [6.07, 6.45) is 1.88. The lowest BCUT2D eigenvalue weighted by Crippen LogP contribution is -2.33. The number of aromatic nitrogens is 1. The molecule has 2 aromatic carbocycles. The Kier molecular flexibility index (Phi) is 5.53. The van der Waals surface area contributed by atoms with Crippen molar-refractivity contribution in [3.8, 4) is 5.69 Å². The maximum Gasteiger partial charge on any atom is 0.270 e. The summed E-state index contributed by atoms with van der Waals surface area (Å²) < 4.78 is 28.4. The standard InChI is InChI=1S/C20H23N3O4S/c1-14(2)28(26,27)21-13-15(3)16-4-6-18(7-5-16)22-11-10-17-12-19(23(24)25)8-9-20(17)22/h4-12,14-15,21H,13H2,1-3H3. The molecule has 1 unspecified atom stereocenters. The third kappa shape index (κ3) is 4.07. The SMILES string of the molecule is CC(CNS(=O)(=O)C(C)C)c1ccc(-n2ccc3cc([N+](=O)[O-])ccc32)cc1. The average molecular weight is 401 g/mol. The number of benzene rings is 2. The fourth-order valence-electron chi connectivity index (χ4n) is 2.96. The van der Waals surface area contributed by atoms with Crippen molar-refractivity contribution in [3.05, 3.63) is 70.4 Å². The summed E-state index contributed by atoms with van der Waals surface area (Å²) in [6, 6.07) is 14.5. The number of hydrogen-bond acceptors (Lipinski definition) is 4. The molecule has 28 heavy (non-hydrogen) atoms. The van der Waals surface area contributed by atoms with E-state index < -0.39 is 20.2 Å². The lowest BCUT2D eigenvalue weighted by atomic mass is 10.0. The van der Waals surface area contributed by atoms with E-state index in [1.54, 1.807) is 26.0 Å². The molecular weight excluding hydrogens is 378 g/mol. The first-order valence-corrected chi connectivity index (χ1v) is 10.6. The molecule has 0 aliphatic rings. The Morgan fingerprint density at radius 1 is 1.07 bits per heavy atom. The smallest absolute Gasteiger partial charge is 0.270 e. The molecule has 148 valence electrons. The Bertz CT molecular complexity index is 1100. The molecule has 1 atom stereocenters. The fourth-order valence-corrected chi connectivity index (χ4v) is 3.77. The second kappa shape index (κ2) is 7.73. The van der Waals surface area contributed by atoms with Gasteiger partial charge in [0.1, 0.15) is 0 Å². The van der Waals surface area contributed by atoms with Crippen LogP contribution in [0.4, 0.5) is 5.69 Å². The van der Waals surface area contributed by atoms with E-state index in [9.17, 15) is 18.5 Å². The van der Waals surface area contributed by atoms with Crippen LogP contribution in [0.5, 0.6) is 0 Å². The van der Waals surface area contributed by atoms with Gasteiger partial charge in [0.05, 0.1) is 15.7 Å². The highest BCUT2D eigenvalue weighted by Gasteiger charge is 2.17. The molecule has 8 heteroatoms. The Morgan fingerprint density at radius 2 is 1.75 bits per heavy atom. The fraction of sp³-hybridized carbons (Fsp3) is 0.300. The Balaban J connectivity index is 1.79. The molecular formula is C20H23N3O4S. The highest BCUT2D eigenvalue weighted by Crippen LogP contribution is 2.25. The van der Waals surface area contributed by atoms with E-state index in [0.29, 0.717) is 6.54 Å². The van der Waals surface area contributed by atoms with Gasteiger partial charge in [0, 0.05) is 35.9 Å². The third-order valence-corrected chi connectivity index (χ3v) is 6.65. The van der Waals surface area contributed by atoms with Crippen molar-refractivity contribution in [1.82, 2.24) is 9.29 Å². The van der Waals surface area contributed by atoms with Crippen LogP contribution in [-0.2, 0) is 10.0 Å². The first-order valence-electron chi connectivity index (χ1n) is 9.03. The van der Waals surface area contributed by atoms with Gasteiger partial charge in [-0.2, -0.15) is 0 Å². The van der Waals surface area contributed by atoms with Crippen molar-refractivity contribution in [2.75, 3.05) is 6.54 Å². The van der Waals surface area contributed by atoms with Gasteiger partial charge in [-0.3, -0.25) is 10.1 Å². The first kappa shape index (κ1) is 20.0. The van der Waals surface area contributed by atoms with E-state index in [1.807, 2.05) is 48.0 Å². The van der Waals surface area contributed by atoms with Crippen LogP contribution in [0.15, 0.2) is 54.7 Å². The van der Waals surface area contributed by atoms with E-state index in [4.69, 9.17) is 0 Å². The van der Waals surface area contributed by atoms with Gasteiger partial charge in [0.15, 0.2) is 0 Å². The largest absolute Gasteiger partial charge is 0.317 e. The number of hydrogen-bond donors (Lipinski definition) is 1. The van der Waals surface area contributed by atoms with Crippen LogP contribution in [0.1, 0.15) is 32.3 Å². The molecule has 0 aliphatic carbocycles. The van der Waals surface area contributed by atoms with Crippen LogP contribution in [0.25, 0.3) is 16.6 Å². The van der Waals surface area contributed by atoms with Crippen molar-refractivity contribution in [2.45, 2.75) is 31.9 Å². The monoisotopic (exact) mass is 401 g/mol. The van der Waals surface area contributed by atoms with Crippen molar-refractivity contribution in [3.63, 3.8) is 0 Å². The quantitative estimate of drug-likeness (QED) is 0.479. The summed E-state index contributed by atoms with van der Waals surface area (Å²) in [4.78, 5) is 10.5. The molecule has 3 rings (SSSR count). The maximum atomic E-state index is 11.9. The van der Waals surface area contributed by atoms with Gasteiger partial charge in [-0.05, 0) is 49.6 Å². The van der Waals surface area contributed by atoms with Gasteiger partial charge in [0.2, 0.25) is 10.0 Å². The van der Waals surface area contributed by atoms with Gasteiger partial charge >= 0.3 is 0 Å². The van der Waals surface area contributed by atoms with Gasteiger partial charge in [-0.15, -0.1) is 0 Å². The molecule has 1 aromatic heterocycles. The lowest BCUT2D eigenvalue weighted by Gasteiger charge is -2.16. The molecule has 0 amide bonds. The summed E-state index contributed by atoms with van der Waals surface area (Å²) in [6.45, 7) is 5.62. The molecule has 7 nitrogen and oxygen atoms in total. The molecule has 3 aromatic rings. The number of rotatable bonds is 7. The van der Waals surface area contributed by atoms with Crippen LogP contribution in [0.2, 0.25) is 0 Å². The van der Waals surface area contributed by atoms with Crippen LogP contribution in [0, 0.1) is 10.1 Å². The summed E-state index contributed by atoms with van der Waals surface area (Å²) in [5.74, 6) is 0.0339. The lowest BCUT2D eigenvalue weighted by molar-refractivity contribution is -0.384. The van der Waals surface area contributed by atoms with Crippen LogP contribution >= 0.6 is 0 Å². The van der Waals surface area contributed by atoms with Gasteiger partial charge in [-0.1, -0.05) is 19.1 Å². The van der Waals surface area contributed by atoms with Crippen molar-refractivity contribution < 1.29 is 13.3 Å². The molecule has 1 N–H and O–H groups in total. The zero-order valence-electron chi connectivity index (χ0n) is 16.0. The highest BCUT2D eigenvalue weighted by molar-refractivity contribution is 7.90. The van der Waals surface area contributed by atoms with Gasteiger partial charge in [-0.25, -0.2) is 13.1 Å². The van der Waals surface area contributed by atoms with Gasteiger partial charge < -0.3 is 4.57 Å². The summed E-state index contributed by atoms with van der Waals surface area (Å²) in [5.41, 5.74) is 2.92.